The van der Waals surface area contributed by atoms with Crippen molar-refractivity contribution in [1.29, 1.82) is 0 Å². The molecule has 0 atom stereocenters. The van der Waals surface area contributed by atoms with Crippen molar-refractivity contribution >= 4 is 9.52 Å². The van der Waals surface area contributed by atoms with Crippen molar-refractivity contribution < 1.29 is 5.11 Å². The molecule has 0 amide bonds. The van der Waals surface area contributed by atoms with Crippen LogP contribution in [0.15, 0.2) is 0 Å². The average molecular weight is 74.2 g/mol. The van der Waals surface area contributed by atoms with Gasteiger partial charge in [-0.3, -0.25) is 0 Å². The highest BCUT2D eigenvalue weighted by Crippen LogP contribution is 1.42. The Kier molecular flexibility index (Phi) is 3.32. The summed E-state index contributed by atoms with van der Waals surface area (Å²) in [7, 11) is 0.696. The Morgan fingerprint density at radius 2 is 2.25 bits per heavy atom. The van der Waals surface area contributed by atoms with Crippen LogP contribution in [-0.2, 0) is 0 Å². The van der Waals surface area contributed by atoms with Gasteiger partial charge in [0.15, 0.2) is 0 Å². The molecule has 0 fully saturated rings. The Balaban J connectivity index is 1.97. The maximum Gasteiger partial charge on any atom is 0.0695 e. The summed E-state index contributed by atoms with van der Waals surface area (Å²) in [5.41, 5.74) is 0. The lowest BCUT2D eigenvalue weighted by molar-refractivity contribution is 0.366. The van der Waals surface area contributed by atoms with E-state index in [4.69, 9.17) is 5.11 Å². The topological polar surface area (TPSA) is 20.2 Å². The molecule has 0 aliphatic heterocycles. The first-order chi connectivity index (χ1) is 1.91. The number of rotatable bonds is 1. The van der Waals surface area contributed by atoms with Gasteiger partial charge in [-0.1, -0.05) is 6.55 Å². The minimum atomic E-state index is 0.347. The summed E-state index contributed by atoms with van der Waals surface area (Å²) in [4.78, 5) is 0. The zero-order valence-electron chi connectivity index (χ0n) is 2.65. The third-order valence-electron chi connectivity index (χ3n) is 0.158. The van der Waals surface area contributed by atoms with Gasteiger partial charge in [0.25, 0.3) is 0 Å². The van der Waals surface area contributed by atoms with E-state index in [0.29, 0.717) is 15.7 Å². The van der Waals surface area contributed by atoms with Gasteiger partial charge in [-0.05, 0) is 0 Å². The van der Waals surface area contributed by atoms with Gasteiger partial charge < -0.3 is 5.11 Å². The lowest BCUT2D eigenvalue weighted by Crippen LogP contribution is -1.85. The van der Waals surface area contributed by atoms with Crippen LogP contribution in [0.2, 0.25) is 6.55 Å². The molecule has 0 saturated carbocycles. The number of aliphatic hydroxyl groups is 1. The summed E-state index contributed by atoms with van der Waals surface area (Å²) in [5.74, 6) is 0. The van der Waals surface area contributed by atoms with Gasteiger partial charge in [0.2, 0.25) is 0 Å². The fourth-order valence-electron chi connectivity index (χ4n) is 0. The molecule has 0 rings (SSSR count). The van der Waals surface area contributed by atoms with Gasteiger partial charge in [-0.25, -0.2) is 0 Å². The molecule has 0 spiro atoms. The monoisotopic (exact) mass is 74.0 g/mol. The minimum absolute atomic E-state index is 0.347. The SMILES string of the molecule is C[Si]CO. The van der Waals surface area contributed by atoms with E-state index < -0.39 is 0 Å². The van der Waals surface area contributed by atoms with Crippen LogP contribution in [0.5, 0.6) is 0 Å². The molecule has 0 aliphatic rings. The highest BCUT2D eigenvalue weighted by atomic mass is 28.2. The van der Waals surface area contributed by atoms with E-state index in [1.165, 1.54) is 0 Å². The maximum atomic E-state index is 7.89. The quantitative estimate of drug-likeness (QED) is 0.423. The molecule has 4 heavy (non-hydrogen) atoms. The molecule has 0 unspecified atom stereocenters. The third kappa shape index (κ3) is 2.18. The molecule has 0 bridgehead atoms. The molecule has 0 aromatic heterocycles. The van der Waals surface area contributed by atoms with Crippen molar-refractivity contribution in [3.05, 3.63) is 0 Å². The van der Waals surface area contributed by atoms with Crippen molar-refractivity contribution in [1.82, 2.24) is 0 Å². The molecule has 2 heteroatoms. The molecule has 0 aromatic rings. The van der Waals surface area contributed by atoms with Crippen molar-refractivity contribution in [2.75, 3.05) is 6.23 Å². The fraction of sp³-hybridized carbons (Fsp3) is 1.00. The van der Waals surface area contributed by atoms with Gasteiger partial charge in [-0.2, -0.15) is 0 Å². The summed E-state index contributed by atoms with van der Waals surface area (Å²) in [6.07, 6.45) is 0.347. The molecule has 24 valence electrons. The number of hydrogen-bond acceptors (Lipinski definition) is 1. The maximum absolute atomic E-state index is 7.89. The molecule has 1 nitrogen and oxygen atoms in total. The largest absolute Gasteiger partial charge is 0.400 e. The summed E-state index contributed by atoms with van der Waals surface area (Å²) in [6, 6.07) is 0. The van der Waals surface area contributed by atoms with E-state index in [-0.39, 0.29) is 0 Å². The van der Waals surface area contributed by atoms with Crippen LogP contribution in [0.4, 0.5) is 0 Å². The van der Waals surface area contributed by atoms with Crippen LogP contribution in [-0.4, -0.2) is 20.9 Å². The average Bonchev–Trinajstić information content (AvgIpc) is 1.37. The predicted octanol–water partition coefficient (Wildman–Crippen LogP) is -0.312. The summed E-state index contributed by atoms with van der Waals surface area (Å²) in [5, 5.41) is 7.89. The minimum Gasteiger partial charge on any atom is -0.400 e. The van der Waals surface area contributed by atoms with Crippen LogP contribution >= 0.6 is 0 Å². The number of aliphatic hydroxyl groups excluding tert-OH is 1. The molecule has 1 N–H and O–H groups in total. The smallest absolute Gasteiger partial charge is 0.0695 e. The summed E-state index contributed by atoms with van der Waals surface area (Å²) in [6.45, 7) is 1.96. The highest BCUT2D eigenvalue weighted by molar-refractivity contribution is 6.32. The Morgan fingerprint density at radius 3 is 2.25 bits per heavy atom. The molecular weight excluding hydrogens is 68.1 g/mol. The van der Waals surface area contributed by atoms with Crippen molar-refractivity contribution in [3.63, 3.8) is 0 Å². The van der Waals surface area contributed by atoms with Gasteiger partial charge in [0.1, 0.15) is 0 Å². The van der Waals surface area contributed by atoms with E-state index in [1.807, 2.05) is 6.55 Å². The van der Waals surface area contributed by atoms with E-state index in [1.54, 1.807) is 0 Å². The van der Waals surface area contributed by atoms with Gasteiger partial charge in [0, 0.05) is 6.23 Å². The molecule has 0 aliphatic carbocycles. The zero-order valence-corrected chi connectivity index (χ0v) is 3.65. The number of hydrogen-bond donors (Lipinski definition) is 1. The Bertz CT molecular complexity index is 8.00. The van der Waals surface area contributed by atoms with Gasteiger partial charge in [-0.15, -0.1) is 0 Å². The molecule has 0 saturated heterocycles. The van der Waals surface area contributed by atoms with Crippen LogP contribution in [0.25, 0.3) is 0 Å². The second kappa shape index (κ2) is 3.18. The van der Waals surface area contributed by atoms with Crippen molar-refractivity contribution in [3.8, 4) is 0 Å². The van der Waals surface area contributed by atoms with Crippen LogP contribution in [0, 0.1) is 0 Å². The Morgan fingerprint density at radius 1 is 2.00 bits per heavy atom. The lowest BCUT2D eigenvalue weighted by atomic mass is 11.7. The lowest BCUT2D eigenvalue weighted by Gasteiger charge is -1.66. The normalized spacial score (nSPS) is 7.50. The van der Waals surface area contributed by atoms with Gasteiger partial charge >= 0.3 is 0 Å². The van der Waals surface area contributed by atoms with Crippen LogP contribution < -0.4 is 0 Å². The van der Waals surface area contributed by atoms with E-state index in [2.05, 4.69) is 0 Å². The first-order valence-electron chi connectivity index (χ1n) is 1.17. The molecular formula is C2H6OSi. The molecule has 2 radical (unpaired) electrons. The van der Waals surface area contributed by atoms with Crippen LogP contribution in [0.1, 0.15) is 0 Å². The van der Waals surface area contributed by atoms with E-state index in [0.717, 1.165) is 0 Å². The summed E-state index contributed by atoms with van der Waals surface area (Å²) >= 11 is 0. The Hall–Kier alpha value is 0.177. The van der Waals surface area contributed by atoms with Crippen molar-refractivity contribution in [2.24, 2.45) is 0 Å². The Labute approximate surface area is 28.5 Å². The molecule has 0 aromatic carbocycles. The van der Waals surface area contributed by atoms with Gasteiger partial charge in [0.05, 0.1) is 9.52 Å². The molecule has 0 heterocycles. The summed E-state index contributed by atoms with van der Waals surface area (Å²) < 4.78 is 0. The fourth-order valence-corrected chi connectivity index (χ4v) is 0. The standard InChI is InChI=1S/C2H6OSi/c1-4-2-3/h3H,2H2,1H3. The van der Waals surface area contributed by atoms with E-state index in [9.17, 15) is 0 Å². The zero-order chi connectivity index (χ0) is 3.41. The second-order valence-corrected chi connectivity index (χ2v) is 1.54. The highest BCUT2D eigenvalue weighted by Gasteiger charge is 1.60. The van der Waals surface area contributed by atoms with Crippen LogP contribution in [0.3, 0.4) is 0 Å². The van der Waals surface area contributed by atoms with Crippen molar-refractivity contribution in [2.45, 2.75) is 6.55 Å². The second-order valence-electron chi connectivity index (χ2n) is 0.512. The van der Waals surface area contributed by atoms with E-state index >= 15 is 0 Å². The predicted molar refractivity (Wildman–Crippen MR) is 18.7 cm³/mol. The first kappa shape index (κ1) is 4.18. The first-order valence-corrected chi connectivity index (χ1v) is 2.88. The third-order valence-corrected chi connectivity index (χ3v) is 0.474.